The van der Waals surface area contributed by atoms with Crippen LogP contribution in [0.1, 0.15) is 38.5 Å². The van der Waals surface area contributed by atoms with Crippen LogP contribution in [-0.2, 0) is 0 Å². The van der Waals surface area contributed by atoms with Crippen LogP contribution in [0.3, 0.4) is 0 Å². The second kappa shape index (κ2) is 5.69. The topological polar surface area (TPSA) is 37.8 Å². The minimum atomic E-state index is 0.840. The molecule has 3 heteroatoms. The van der Waals surface area contributed by atoms with Crippen molar-refractivity contribution in [2.45, 2.75) is 38.5 Å². The molecule has 82 valence electrons. The molecule has 1 saturated carbocycles. The molecule has 0 saturated heterocycles. The third kappa shape index (κ3) is 3.50. The Morgan fingerprint density at radius 2 is 1.73 bits per heavy atom. The Labute approximate surface area is 91.3 Å². The van der Waals surface area contributed by atoms with E-state index in [9.17, 15) is 0 Å². The summed E-state index contributed by atoms with van der Waals surface area (Å²) in [6, 6.07) is 0. The van der Waals surface area contributed by atoms with E-state index in [0.717, 1.165) is 18.2 Å². The molecule has 1 aliphatic rings. The van der Waals surface area contributed by atoms with Crippen molar-refractivity contribution in [2.75, 3.05) is 11.9 Å². The zero-order chi connectivity index (χ0) is 10.3. The van der Waals surface area contributed by atoms with Gasteiger partial charge in [0, 0.05) is 6.54 Å². The molecule has 1 aliphatic carbocycles. The summed E-state index contributed by atoms with van der Waals surface area (Å²) in [5.74, 6) is 0.840. The largest absolute Gasteiger partial charge is 0.382 e. The van der Waals surface area contributed by atoms with Crippen molar-refractivity contribution >= 4 is 5.69 Å². The van der Waals surface area contributed by atoms with Gasteiger partial charge >= 0.3 is 0 Å². The summed E-state index contributed by atoms with van der Waals surface area (Å²) >= 11 is 0. The maximum atomic E-state index is 3.99. The summed E-state index contributed by atoms with van der Waals surface area (Å²) in [4.78, 5) is 7.99. The molecule has 1 aromatic heterocycles. The van der Waals surface area contributed by atoms with E-state index in [-0.39, 0.29) is 0 Å². The van der Waals surface area contributed by atoms with Gasteiger partial charge < -0.3 is 5.32 Å². The molecule has 15 heavy (non-hydrogen) atoms. The highest BCUT2D eigenvalue weighted by Crippen LogP contribution is 2.22. The quantitative estimate of drug-likeness (QED) is 0.771. The van der Waals surface area contributed by atoms with Crippen molar-refractivity contribution in [1.82, 2.24) is 9.97 Å². The molecule has 3 nitrogen and oxygen atoms in total. The highest BCUT2D eigenvalue weighted by atomic mass is 14.9. The maximum absolute atomic E-state index is 3.99. The third-order valence-corrected chi connectivity index (χ3v) is 3.13. The van der Waals surface area contributed by atoms with Crippen LogP contribution in [0, 0.1) is 5.92 Å². The molecule has 2 rings (SSSR count). The lowest BCUT2D eigenvalue weighted by Gasteiger charge is -2.15. The number of rotatable bonds is 3. The van der Waals surface area contributed by atoms with E-state index in [1.807, 2.05) is 12.4 Å². The van der Waals surface area contributed by atoms with Crippen LogP contribution in [0.4, 0.5) is 5.69 Å². The molecular weight excluding hydrogens is 186 g/mol. The van der Waals surface area contributed by atoms with Crippen LogP contribution in [0.25, 0.3) is 0 Å². The summed E-state index contributed by atoms with van der Waals surface area (Å²) in [5, 5.41) is 3.42. The first-order chi connectivity index (χ1) is 7.45. The molecule has 0 aliphatic heterocycles. The second-order valence-corrected chi connectivity index (χ2v) is 4.37. The van der Waals surface area contributed by atoms with Gasteiger partial charge in [-0.15, -0.1) is 0 Å². The monoisotopic (exact) mass is 205 g/mol. The molecule has 0 spiro atoms. The second-order valence-electron chi connectivity index (χ2n) is 4.37. The first-order valence-electron chi connectivity index (χ1n) is 5.94. The van der Waals surface area contributed by atoms with Crippen LogP contribution in [0.5, 0.6) is 0 Å². The molecule has 0 atom stereocenters. The molecule has 1 fully saturated rings. The average Bonchev–Trinajstić information content (AvgIpc) is 2.56. The van der Waals surface area contributed by atoms with E-state index in [2.05, 4.69) is 15.3 Å². The minimum absolute atomic E-state index is 0.840. The highest BCUT2D eigenvalue weighted by molar-refractivity contribution is 5.36. The molecule has 1 aromatic rings. The van der Waals surface area contributed by atoms with Gasteiger partial charge in [0.25, 0.3) is 0 Å². The van der Waals surface area contributed by atoms with Crippen LogP contribution in [-0.4, -0.2) is 16.5 Å². The lowest BCUT2D eigenvalue weighted by atomic mass is 10.0. The molecular formula is C12H19N3. The van der Waals surface area contributed by atoms with Gasteiger partial charge in [-0.1, -0.05) is 25.7 Å². The first-order valence-corrected chi connectivity index (χ1v) is 5.94. The van der Waals surface area contributed by atoms with Gasteiger partial charge in [0.15, 0.2) is 0 Å². The highest BCUT2D eigenvalue weighted by Gasteiger charge is 2.11. The first kappa shape index (κ1) is 10.4. The van der Waals surface area contributed by atoms with Crippen molar-refractivity contribution in [2.24, 2.45) is 5.92 Å². The Morgan fingerprint density at radius 3 is 2.40 bits per heavy atom. The van der Waals surface area contributed by atoms with Crippen LogP contribution in [0.2, 0.25) is 0 Å². The van der Waals surface area contributed by atoms with E-state index >= 15 is 0 Å². The Hall–Kier alpha value is -1.12. The molecule has 0 unspecified atom stereocenters. The van der Waals surface area contributed by atoms with E-state index in [4.69, 9.17) is 0 Å². The number of nitrogens with zero attached hydrogens (tertiary/aromatic N) is 2. The summed E-state index contributed by atoms with van der Waals surface area (Å²) in [6.07, 6.45) is 13.6. The number of hydrogen-bond acceptors (Lipinski definition) is 3. The van der Waals surface area contributed by atoms with Crippen molar-refractivity contribution < 1.29 is 0 Å². The molecule has 0 bridgehead atoms. The van der Waals surface area contributed by atoms with Crippen molar-refractivity contribution in [3.63, 3.8) is 0 Å². The Morgan fingerprint density at radius 1 is 1.07 bits per heavy atom. The van der Waals surface area contributed by atoms with Gasteiger partial charge in [0.05, 0.1) is 18.1 Å². The minimum Gasteiger partial charge on any atom is -0.382 e. The number of anilines is 1. The SMILES string of the molecule is c1ncc(NCC2CCCCCC2)cn1. The zero-order valence-corrected chi connectivity index (χ0v) is 9.15. The van der Waals surface area contributed by atoms with E-state index < -0.39 is 0 Å². The smallest absolute Gasteiger partial charge is 0.115 e. The lowest BCUT2D eigenvalue weighted by Crippen LogP contribution is -2.13. The summed E-state index contributed by atoms with van der Waals surface area (Å²) in [5.41, 5.74) is 1.04. The van der Waals surface area contributed by atoms with E-state index in [1.54, 1.807) is 6.33 Å². The van der Waals surface area contributed by atoms with E-state index in [1.165, 1.54) is 38.5 Å². The molecule has 0 amide bonds. The summed E-state index contributed by atoms with van der Waals surface area (Å²) in [6.45, 7) is 1.08. The van der Waals surface area contributed by atoms with Crippen molar-refractivity contribution in [1.29, 1.82) is 0 Å². The number of nitrogens with one attached hydrogen (secondary N) is 1. The molecule has 0 radical (unpaired) electrons. The molecule has 1 heterocycles. The Bertz CT molecular complexity index is 265. The standard InChI is InChI=1S/C12H19N3/c1-2-4-6-11(5-3-1)7-15-12-8-13-10-14-9-12/h8-11,15H,1-7H2. The lowest BCUT2D eigenvalue weighted by molar-refractivity contribution is 0.483. The van der Waals surface area contributed by atoms with Gasteiger partial charge in [0.2, 0.25) is 0 Å². The fourth-order valence-corrected chi connectivity index (χ4v) is 2.22. The van der Waals surface area contributed by atoms with Gasteiger partial charge in [-0.05, 0) is 18.8 Å². The fourth-order valence-electron chi connectivity index (χ4n) is 2.22. The third-order valence-electron chi connectivity index (χ3n) is 3.13. The van der Waals surface area contributed by atoms with Crippen LogP contribution < -0.4 is 5.32 Å². The molecule has 0 aromatic carbocycles. The van der Waals surface area contributed by atoms with Crippen molar-refractivity contribution in [3.8, 4) is 0 Å². The summed E-state index contributed by atoms with van der Waals surface area (Å²) in [7, 11) is 0. The maximum Gasteiger partial charge on any atom is 0.115 e. The fraction of sp³-hybridized carbons (Fsp3) is 0.667. The Kier molecular flexibility index (Phi) is 3.94. The van der Waals surface area contributed by atoms with Crippen LogP contribution >= 0.6 is 0 Å². The number of hydrogen-bond donors (Lipinski definition) is 1. The van der Waals surface area contributed by atoms with Gasteiger partial charge in [-0.25, -0.2) is 9.97 Å². The number of aromatic nitrogens is 2. The predicted octanol–water partition coefficient (Wildman–Crippen LogP) is 2.86. The van der Waals surface area contributed by atoms with Crippen molar-refractivity contribution in [3.05, 3.63) is 18.7 Å². The average molecular weight is 205 g/mol. The molecule has 1 N–H and O–H groups in total. The van der Waals surface area contributed by atoms with Gasteiger partial charge in [-0.2, -0.15) is 0 Å². The van der Waals surface area contributed by atoms with Gasteiger partial charge in [0.1, 0.15) is 6.33 Å². The predicted molar refractivity (Wildman–Crippen MR) is 61.7 cm³/mol. The zero-order valence-electron chi connectivity index (χ0n) is 9.15. The van der Waals surface area contributed by atoms with E-state index in [0.29, 0.717) is 0 Å². The normalized spacial score (nSPS) is 18.4. The van der Waals surface area contributed by atoms with Crippen LogP contribution in [0.15, 0.2) is 18.7 Å². The Balaban J connectivity index is 1.77. The van der Waals surface area contributed by atoms with Gasteiger partial charge in [-0.3, -0.25) is 0 Å². The summed E-state index contributed by atoms with van der Waals surface area (Å²) < 4.78 is 0.